The summed E-state index contributed by atoms with van der Waals surface area (Å²) in [6.07, 6.45) is 2.51. The molecule has 1 unspecified atom stereocenters. The predicted octanol–water partition coefficient (Wildman–Crippen LogP) is 1.02. The minimum atomic E-state index is -0.497. The van der Waals surface area contributed by atoms with Gasteiger partial charge in [-0.1, -0.05) is 0 Å². The molecule has 0 saturated carbocycles. The Balaban J connectivity index is 2.38. The Morgan fingerprint density at radius 2 is 2.11 bits per heavy atom. The Morgan fingerprint density at radius 1 is 1.37 bits per heavy atom. The number of hydrogen-bond acceptors (Lipinski definition) is 5. The molecular weight excluding hydrogens is 248 g/mol. The molecule has 1 fully saturated rings. The summed E-state index contributed by atoms with van der Waals surface area (Å²) in [6, 6.07) is 3.94. The number of nitro groups is 1. The second-order valence-corrected chi connectivity index (χ2v) is 4.65. The molecule has 0 aromatic heterocycles. The number of carbonyl (C=O) groups excluding carboxylic acids is 1. The molecule has 0 radical (unpaired) electrons. The van der Waals surface area contributed by atoms with Crippen molar-refractivity contribution in [3.8, 4) is 0 Å². The molecule has 1 aliphatic heterocycles. The topological polar surface area (TPSA) is 115 Å². The molecule has 0 aliphatic carbocycles. The maximum absolute atomic E-state index is 11.5. The smallest absolute Gasteiger partial charge is 0.273 e. The maximum atomic E-state index is 11.5. The summed E-state index contributed by atoms with van der Waals surface area (Å²) in [5.74, 6) is -0.412. The first-order valence-corrected chi connectivity index (χ1v) is 6.10. The number of amides is 1. The van der Waals surface area contributed by atoms with Crippen LogP contribution >= 0.6 is 0 Å². The van der Waals surface area contributed by atoms with E-state index in [4.69, 9.17) is 11.5 Å². The minimum absolute atomic E-state index is 0.0798. The molecule has 1 aromatic carbocycles. The highest BCUT2D eigenvalue weighted by molar-refractivity contribution is 5.84. The average Bonchev–Trinajstić information content (AvgIpc) is 2.37. The number of nitrogens with two attached hydrogens (primary N) is 2. The zero-order valence-corrected chi connectivity index (χ0v) is 10.4. The van der Waals surface area contributed by atoms with Gasteiger partial charge in [0, 0.05) is 30.1 Å². The molecular formula is C12H16N4O3. The summed E-state index contributed by atoms with van der Waals surface area (Å²) in [5.41, 5.74) is 11.9. The van der Waals surface area contributed by atoms with Crippen molar-refractivity contribution in [2.24, 2.45) is 5.73 Å². The maximum Gasteiger partial charge on any atom is 0.273 e. The van der Waals surface area contributed by atoms with Gasteiger partial charge in [-0.15, -0.1) is 0 Å². The van der Waals surface area contributed by atoms with E-state index in [9.17, 15) is 14.9 Å². The number of benzene rings is 1. The third kappa shape index (κ3) is 2.75. The van der Waals surface area contributed by atoms with Crippen LogP contribution < -0.4 is 16.4 Å². The van der Waals surface area contributed by atoms with E-state index in [1.165, 1.54) is 12.1 Å². The SMILES string of the molecule is NC(=O)C1CCCCN1c1cc(N)cc([N+](=O)[O-])c1. The molecule has 4 N–H and O–H groups in total. The van der Waals surface area contributed by atoms with Gasteiger partial charge >= 0.3 is 0 Å². The molecule has 0 spiro atoms. The van der Waals surface area contributed by atoms with Crippen LogP contribution in [0.5, 0.6) is 0 Å². The molecule has 102 valence electrons. The highest BCUT2D eigenvalue weighted by Gasteiger charge is 2.28. The van der Waals surface area contributed by atoms with Crippen LogP contribution in [0.15, 0.2) is 18.2 Å². The Morgan fingerprint density at radius 3 is 2.74 bits per heavy atom. The van der Waals surface area contributed by atoms with Gasteiger partial charge < -0.3 is 16.4 Å². The number of non-ortho nitro benzene ring substituents is 1. The first-order chi connectivity index (χ1) is 8.99. The second kappa shape index (κ2) is 5.13. The number of anilines is 2. The number of nitro benzene ring substituents is 1. The minimum Gasteiger partial charge on any atom is -0.398 e. The summed E-state index contributed by atoms with van der Waals surface area (Å²) in [7, 11) is 0. The lowest BCUT2D eigenvalue weighted by molar-refractivity contribution is -0.384. The largest absolute Gasteiger partial charge is 0.398 e. The van der Waals surface area contributed by atoms with Crippen LogP contribution in [0, 0.1) is 10.1 Å². The third-order valence-electron chi connectivity index (χ3n) is 3.30. The zero-order valence-electron chi connectivity index (χ0n) is 10.4. The van der Waals surface area contributed by atoms with Crippen molar-refractivity contribution in [3.63, 3.8) is 0 Å². The number of piperidine rings is 1. The van der Waals surface area contributed by atoms with E-state index in [0.717, 1.165) is 12.8 Å². The van der Waals surface area contributed by atoms with E-state index in [2.05, 4.69) is 0 Å². The van der Waals surface area contributed by atoms with Gasteiger partial charge in [-0.2, -0.15) is 0 Å². The summed E-state index contributed by atoms with van der Waals surface area (Å²) in [6.45, 7) is 0.647. The van der Waals surface area contributed by atoms with E-state index < -0.39 is 16.9 Å². The number of primary amides is 1. The Kier molecular flexibility index (Phi) is 3.55. The van der Waals surface area contributed by atoms with E-state index in [1.807, 2.05) is 0 Å². The number of rotatable bonds is 3. The first kappa shape index (κ1) is 13.1. The molecule has 1 amide bonds. The van der Waals surface area contributed by atoms with Crippen LogP contribution in [0.1, 0.15) is 19.3 Å². The number of nitrogens with zero attached hydrogens (tertiary/aromatic N) is 2. The Labute approximate surface area is 110 Å². The molecule has 2 rings (SSSR count). The van der Waals surface area contributed by atoms with Gasteiger partial charge in [0.2, 0.25) is 5.91 Å². The lowest BCUT2D eigenvalue weighted by Gasteiger charge is -2.35. The lowest BCUT2D eigenvalue weighted by atomic mass is 10.0. The number of carbonyl (C=O) groups is 1. The number of nitrogen functional groups attached to an aromatic ring is 1. The van der Waals surface area contributed by atoms with Crippen molar-refractivity contribution < 1.29 is 9.72 Å². The van der Waals surface area contributed by atoms with Gasteiger partial charge in [-0.05, 0) is 25.3 Å². The van der Waals surface area contributed by atoms with Crippen molar-refractivity contribution >= 4 is 23.0 Å². The van der Waals surface area contributed by atoms with E-state index in [-0.39, 0.29) is 5.69 Å². The molecule has 0 bridgehead atoms. The standard InChI is InChI=1S/C12H16N4O3/c13-8-5-9(7-10(6-8)16(18)19)15-4-2-1-3-11(15)12(14)17/h5-7,11H,1-4,13H2,(H2,14,17). The second-order valence-electron chi connectivity index (χ2n) is 4.65. The fraction of sp³-hybridized carbons (Fsp3) is 0.417. The Hall–Kier alpha value is -2.31. The van der Waals surface area contributed by atoms with Crippen LogP contribution in [0.25, 0.3) is 0 Å². The van der Waals surface area contributed by atoms with Crippen molar-refractivity contribution in [1.82, 2.24) is 0 Å². The van der Waals surface area contributed by atoms with Crippen LogP contribution in [0.3, 0.4) is 0 Å². The predicted molar refractivity (Wildman–Crippen MR) is 71.7 cm³/mol. The van der Waals surface area contributed by atoms with Crippen LogP contribution in [-0.4, -0.2) is 23.4 Å². The average molecular weight is 264 g/mol. The van der Waals surface area contributed by atoms with Gasteiger partial charge in [-0.3, -0.25) is 14.9 Å². The molecule has 7 nitrogen and oxygen atoms in total. The highest BCUT2D eigenvalue weighted by Crippen LogP contribution is 2.30. The lowest BCUT2D eigenvalue weighted by Crippen LogP contribution is -2.47. The molecule has 1 atom stereocenters. The van der Waals surface area contributed by atoms with Crippen molar-refractivity contribution in [2.75, 3.05) is 17.2 Å². The van der Waals surface area contributed by atoms with Gasteiger partial charge in [0.1, 0.15) is 6.04 Å². The fourth-order valence-corrected chi connectivity index (χ4v) is 2.43. The molecule has 7 heteroatoms. The van der Waals surface area contributed by atoms with Crippen molar-refractivity contribution in [3.05, 3.63) is 28.3 Å². The molecule has 1 aliphatic rings. The van der Waals surface area contributed by atoms with Crippen molar-refractivity contribution in [2.45, 2.75) is 25.3 Å². The van der Waals surface area contributed by atoms with E-state index in [1.54, 1.807) is 11.0 Å². The quantitative estimate of drug-likeness (QED) is 0.480. The summed E-state index contributed by atoms with van der Waals surface area (Å²) in [5, 5.41) is 10.8. The molecule has 1 saturated heterocycles. The summed E-state index contributed by atoms with van der Waals surface area (Å²) >= 11 is 0. The monoisotopic (exact) mass is 264 g/mol. The Bertz CT molecular complexity index is 518. The zero-order chi connectivity index (χ0) is 14.0. The summed E-state index contributed by atoms with van der Waals surface area (Å²) in [4.78, 5) is 23.6. The van der Waals surface area contributed by atoms with Gasteiger partial charge in [0.15, 0.2) is 0 Å². The van der Waals surface area contributed by atoms with Crippen LogP contribution in [0.4, 0.5) is 17.1 Å². The third-order valence-corrected chi connectivity index (χ3v) is 3.30. The van der Waals surface area contributed by atoms with Gasteiger partial charge in [0.05, 0.1) is 4.92 Å². The fourth-order valence-electron chi connectivity index (χ4n) is 2.43. The van der Waals surface area contributed by atoms with Gasteiger partial charge in [-0.25, -0.2) is 0 Å². The van der Waals surface area contributed by atoms with E-state index in [0.29, 0.717) is 24.3 Å². The van der Waals surface area contributed by atoms with Gasteiger partial charge in [0.25, 0.3) is 5.69 Å². The molecule has 19 heavy (non-hydrogen) atoms. The highest BCUT2D eigenvalue weighted by atomic mass is 16.6. The van der Waals surface area contributed by atoms with Crippen LogP contribution in [-0.2, 0) is 4.79 Å². The normalized spacial score (nSPS) is 19.2. The number of hydrogen-bond donors (Lipinski definition) is 2. The van der Waals surface area contributed by atoms with E-state index >= 15 is 0 Å². The summed E-state index contributed by atoms with van der Waals surface area (Å²) < 4.78 is 0. The molecule has 1 aromatic rings. The van der Waals surface area contributed by atoms with Crippen molar-refractivity contribution in [1.29, 1.82) is 0 Å². The van der Waals surface area contributed by atoms with Crippen LogP contribution in [0.2, 0.25) is 0 Å². The first-order valence-electron chi connectivity index (χ1n) is 6.10. The molecule has 1 heterocycles.